The molecule has 0 unspecified atom stereocenters. The summed E-state index contributed by atoms with van der Waals surface area (Å²) in [5.74, 6) is -0.958. The van der Waals surface area contributed by atoms with E-state index in [1.165, 1.54) is 12.3 Å². The monoisotopic (exact) mass is 279 g/mol. The van der Waals surface area contributed by atoms with E-state index in [0.29, 0.717) is 0 Å². The summed E-state index contributed by atoms with van der Waals surface area (Å²) >= 11 is 0. The van der Waals surface area contributed by atoms with Crippen molar-refractivity contribution < 1.29 is 9.18 Å². The highest BCUT2D eigenvalue weighted by Crippen LogP contribution is 2.28. The Hall–Kier alpha value is -1.49. The highest BCUT2D eigenvalue weighted by atomic mass is 19.1. The molecule has 1 aromatic rings. The van der Waals surface area contributed by atoms with E-state index in [0.717, 1.165) is 19.0 Å². The van der Waals surface area contributed by atoms with Gasteiger partial charge in [-0.05, 0) is 46.6 Å². The lowest BCUT2D eigenvalue weighted by Crippen LogP contribution is -2.62. The predicted molar refractivity (Wildman–Crippen MR) is 76.0 cm³/mol. The topological polar surface area (TPSA) is 54.0 Å². The Morgan fingerprint density at radius 3 is 2.50 bits per heavy atom. The Balaban J connectivity index is 2.10. The number of aromatic nitrogens is 1. The summed E-state index contributed by atoms with van der Waals surface area (Å²) < 4.78 is 13.6. The van der Waals surface area contributed by atoms with Gasteiger partial charge in [-0.25, -0.2) is 4.39 Å². The van der Waals surface area contributed by atoms with Crippen molar-refractivity contribution in [1.82, 2.24) is 15.6 Å². The molecule has 2 N–H and O–H groups in total. The van der Waals surface area contributed by atoms with Gasteiger partial charge in [-0.2, -0.15) is 0 Å². The Kier molecular flexibility index (Phi) is 3.82. The summed E-state index contributed by atoms with van der Waals surface area (Å²) in [6.07, 6.45) is 4.11. The molecule has 20 heavy (non-hydrogen) atoms. The van der Waals surface area contributed by atoms with Crippen molar-refractivity contribution in [2.45, 2.75) is 57.7 Å². The Bertz CT molecular complexity index is 498. The fraction of sp³-hybridized carbons (Fsp3) is 0.600. The van der Waals surface area contributed by atoms with E-state index >= 15 is 0 Å². The molecule has 1 amide bonds. The molecule has 0 bridgehead atoms. The third-order valence-corrected chi connectivity index (χ3v) is 3.54. The van der Waals surface area contributed by atoms with Crippen molar-refractivity contribution in [2.75, 3.05) is 0 Å². The zero-order valence-corrected chi connectivity index (χ0v) is 12.5. The first-order valence-corrected chi connectivity index (χ1v) is 6.88. The van der Waals surface area contributed by atoms with Crippen LogP contribution in [0.25, 0.3) is 0 Å². The van der Waals surface area contributed by atoms with Gasteiger partial charge in [0, 0.05) is 23.3 Å². The van der Waals surface area contributed by atoms with E-state index in [1.807, 2.05) is 0 Å². The molecule has 1 aliphatic heterocycles. The van der Waals surface area contributed by atoms with Crippen molar-refractivity contribution in [3.05, 3.63) is 29.8 Å². The van der Waals surface area contributed by atoms with Crippen LogP contribution in [0.5, 0.6) is 0 Å². The van der Waals surface area contributed by atoms with E-state index in [2.05, 4.69) is 43.3 Å². The molecular formula is C15H22FN3O. The second kappa shape index (κ2) is 5.13. The number of carbonyl (C=O) groups is 1. The molecule has 1 aromatic heterocycles. The van der Waals surface area contributed by atoms with Crippen LogP contribution in [-0.4, -0.2) is 28.0 Å². The number of halogens is 1. The molecular weight excluding hydrogens is 257 g/mol. The fourth-order valence-corrected chi connectivity index (χ4v) is 3.25. The van der Waals surface area contributed by atoms with Crippen molar-refractivity contribution in [2.24, 2.45) is 0 Å². The van der Waals surface area contributed by atoms with E-state index < -0.39 is 5.82 Å². The zero-order chi connectivity index (χ0) is 15.0. The third-order valence-electron chi connectivity index (χ3n) is 3.54. The Morgan fingerprint density at radius 1 is 1.35 bits per heavy atom. The summed E-state index contributed by atoms with van der Waals surface area (Å²) in [6, 6.07) is 1.43. The van der Waals surface area contributed by atoms with Gasteiger partial charge >= 0.3 is 0 Å². The van der Waals surface area contributed by atoms with Crippen LogP contribution in [0, 0.1) is 5.82 Å². The van der Waals surface area contributed by atoms with E-state index in [1.54, 1.807) is 0 Å². The van der Waals surface area contributed by atoms with Gasteiger partial charge in [0.05, 0.1) is 11.8 Å². The molecule has 2 rings (SSSR count). The maximum Gasteiger partial charge on any atom is 0.254 e. The SMILES string of the molecule is CC1(C)CC(NC(=O)c2ccncc2F)CC(C)(C)N1. The van der Waals surface area contributed by atoms with Crippen LogP contribution in [0.1, 0.15) is 50.9 Å². The Labute approximate surface area is 119 Å². The van der Waals surface area contributed by atoms with E-state index in [-0.39, 0.29) is 28.6 Å². The van der Waals surface area contributed by atoms with Crippen molar-refractivity contribution in [3.8, 4) is 0 Å². The summed E-state index contributed by atoms with van der Waals surface area (Å²) in [5.41, 5.74) is -0.0680. The highest BCUT2D eigenvalue weighted by Gasteiger charge is 2.38. The third kappa shape index (κ3) is 3.54. The van der Waals surface area contributed by atoms with Crippen LogP contribution < -0.4 is 10.6 Å². The summed E-state index contributed by atoms with van der Waals surface area (Å²) in [4.78, 5) is 15.8. The number of hydrogen-bond acceptors (Lipinski definition) is 3. The molecule has 1 fully saturated rings. The molecule has 4 nitrogen and oxygen atoms in total. The predicted octanol–water partition coefficient (Wildman–Crippen LogP) is 2.26. The lowest BCUT2D eigenvalue weighted by molar-refractivity contribution is 0.0869. The summed E-state index contributed by atoms with van der Waals surface area (Å²) in [7, 11) is 0. The van der Waals surface area contributed by atoms with Crippen LogP contribution in [0.4, 0.5) is 4.39 Å². The molecule has 0 spiro atoms. The molecule has 0 aromatic carbocycles. The molecule has 0 radical (unpaired) electrons. The minimum absolute atomic E-state index is 0.0290. The number of nitrogens with one attached hydrogen (secondary N) is 2. The lowest BCUT2D eigenvalue weighted by atomic mass is 9.79. The summed E-state index contributed by atoms with van der Waals surface area (Å²) in [5, 5.41) is 6.49. The van der Waals surface area contributed by atoms with E-state index in [4.69, 9.17) is 0 Å². The zero-order valence-electron chi connectivity index (χ0n) is 12.5. The van der Waals surface area contributed by atoms with Gasteiger partial charge in [-0.1, -0.05) is 0 Å². The average Bonchev–Trinajstić information content (AvgIpc) is 2.24. The van der Waals surface area contributed by atoms with Crippen LogP contribution in [0.15, 0.2) is 18.5 Å². The molecule has 0 aliphatic carbocycles. The van der Waals surface area contributed by atoms with Gasteiger partial charge < -0.3 is 10.6 Å². The first kappa shape index (κ1) is 14.9. The highest BCUT2D eigenvalue weighted by molar-refractivity contribution is 5.94. The molecule has 110 valence electrons. The Morgan fingerprint density at radius 2 is 1.95 bits per heavy atom. The number of nitrogens with zero attached hydrogens (tertiary/aromatic N) is 1. The maximum atomic E-state index is 13.6. The molecule has 2 heterocycles. The van der Waals surface area contributed by atoms with Crippen molar-refractivity contribution in [1.29, 1.82) is 0 Å². The van der Waals surface area contributed by atoms with Crippen LogP contribution in [-0.2, 0) is 0 Å². The normalized spacial score (nSPS) is 21.4. The van der Waals surface area contributed by atoms with E-state index in [9.17, 15) is 9.18 Å². The second-order valence-electron chi connectivity index (χ2n) is 6.83. The number of piperidine rings is 1. The first-order valence-electron chi connectivity index (χ1n) is 6.88. The summed E-state index contributed by atoms with van der Waals surface area (Å²) in [6.45, 7) is 8.44. The molecule has 5 heteroatoms. The minimum atomic E-state index is -0.586. The van der Waals surface area contributed by atoms with Gasteiger partial charge in [0.15, 0.2) is 5.82 Å². The lowest BCUT2D eigenvalue weighted by Gasteiger charge is -2.46. The fourth-order valence-electron chi connectivity index (χ4n) is 3.25. The van der Waals surface area contributed by atoms with Crippen molar-refractivity contribution >= 4 is 5.91 Å². The molecule has 0 atom stereocenters. The van der Waals surface area contributed by atoms with Gasteiger partial charge in [0.2, 0.25) is 0 Å². The number of amides is 1. The quantitative estimate of drug-likeness (QED) is 0.873. The van der Waals surface area contributed by atoms with Gasteiger partial charge in [-0.15, -0.1) is 0 Å². The smallest absolute Gasteiger partial charge is 0.254 e. The van der Waals surface area contributed by atoms with Crippen molar-refractivity contribution in [3.63, 3.8) is 0 Å². The van der Waals surface area contributed by atoms with Crippen LogP contribution in [0.3, 0.4) is 0 Å². The van der Waals surface area contributed by atoms with Gasteiger partial charge in [0.25, 0.3) is 5.91 Å². The molecule has 1 saturated heterocycles. The molecule has 1 aliphatic rings. The van der Waals surface area contributed by atoms with Crippen LogP contribution in [0.2, 0.25) is 0 Å². The van der Waals surface area contributed by atoms with Gasteiger partial charge in [-0.3, -0.25) is 9.78 Å². The largest absolute Gasteiger partial charge is 0.349 e. The first-order chi connectivity index (χ1) is 9.19. The minimum Gasteiger partial charge on any atom is -0.349 e. The number of pyridine rings is 1. The second-order valence-corrected chi connectivity index (χ2v) is 6.83. The van der Waals surface area contributed by atoms with Crippen LogP contribution >= 0.6 is 0 Å². The molecule has 0 saturated carbocycles. The van der Waals surface area contributed by atoms with Gasteiger partial charge in [0.1, 0.15) is 0 Å². The number of hydrogen-bond donors (Lipinski definition) is 2. The number of carbonyl (C=O) groups excluding carboxylic acids is 1. The maximum absolute atomic E-state index is 13.6. The number of rotatable bonds is 2. The standard InChI is InChI=1S/C15H22FN3O/c1-14(2)7-10(8-15(3,4)19-14)18-13(20)11-5-6-17-9-12(11)16/h5-6,9-10,19H,7-8H2,1-4H3,(H,18,20). The average molecular weight is 279 g/mol.